The van der Waals surface area contributed by atoms with E-state index in [0.717, 1.165) is 25.3 Å². The van der Waals surface area contributed by atoms with Crippen LogP contribution in [0.2, 0.25) is 5.28 Å². The molecule has 0 N–H and O–H groups in total. The fourth-order valence-corrected chi connectivity index (χ4v) is 1.50. The number of halogens is 1. The summed E-state index contributed by atoms with van der Waals surface area (Å²) in [5.74, 6) is 0.408. The maximum absolute atomic E-state index is 5.66. The Morgan fingerprint density at radius 3 is 3.17 bits per heavy atom. The van der Waals surface area contributed by atoms with Gasteiger partial charge >= 0.3 is 0 Å². The van der Waals surface area contributed by atoms with Gasteiger partial charge in [-0.3, -0.25) is 0 Å². The zero-order valence-corrected chi connectivity index (χ0v) is 7.29. The van der Waals surface area contributed by atoms with E-state index in [0.29, 0.717) is 11.2 Å². The lowest BCUT2D eigenvalue weighted by atomic mass is 10.1. The molecule has 1 aliphatic rings. The minimum Gasteiger partial charge on any atom is -0.381 e. The molecule has 1 atom stereocenters. The molecule has 0 aliphatic carbocycles. The second kappa shape index (κ2) is 3.37. The lowest BCUT2D eigenvalue weighted by Crippen LogP contribution is -2.01. The molecule has 2 rings (SSSR count). The lowest BCUT2D eigenvalue weighted by Gasteiger charge is -2.05. The Labute approximate surface area is 75.7 Å². The number of aromatic nitrogens is 2. The first-order chi connectivity index (χ1) is 5.86. The highest BCUT2D eigenvalue weighted by Crippen LogP contribution is 2.23. The maximum atomic E-state index is 5.66. The zero-order chi connectivity index (χ0) is 8.39. The van der Waals surface area contributed by atoms with Crippen molar-refractivity contribution in [3.63, 3.8) is 0 Å². The van der Waals surface area contributed by atoms with Crippen LogP contribution >= 0.6 is 11.6 Å². The number of hydrogen-bond donors (Lipinski definition) is 0. The van der Waals surface area contributed by atoms with Gasteiger partial charge in [-0.15, -0.1) is 0 Å². The van der Waals surface area contributed by atoms with Gasteiger partial charge in [0.05, 0.1) is 12.3 Å². The van der Waals surface area contributed by atoms with Crippen molar-refractivity contribution in [2.75, 3.05) is 13.2 Å². The van der Waals surface area contributed by atoms with Crippen LogP contribution in [0.3, 0.4) is 0 Å². The van der Waals surface area contributed by atoms with Crippen molar-refractivity contribution >= 4 is 11.6 Å². The molecule has 0 aromatic carbocycles. The molecule has 12 heavy (non-hydrogen) atoms. The van der Waals surface area contributed by atoms with Crippen molar-refractivity contribution in [3.8, 4) is 0 Å². The fourth-order valence-electron chi connectivity index (χ4n) is 1.34. The summed E-state index contributed by atoms with van der Waals surface area (Å²) in [5, 5.41) is 0.319. The highest BCUT2D eigenvalue weighted by Gasteiger charge is 2.18. The van der Waals surface area contributed by atoms with Crippen LogP contribution in [0, 0.1) is 0 Å². The first-order valence-corrected chi connectivity index (χ1v) is 4.30. The molecule has 1 aromatic rings. The number of rotatable bonds is 1. The zero-order valence-electron chi connectivity index (χ0n) is 6.53. The standard InChI is InChI=1S/C8H9ClN2O/c9-8-10-3-1-7(11-8)6-2-4-12-5-6/h1,3,6H,2,4-5H2. The predicted molar refractivity (Wildman–Crippen MR) is 45.2 cm³/mol. The average Bonchev–Trinajstić information content (AvgIpc) is 2.56. The summed E-state index contributed by atoms with van der Waals surface area (Å²) >= 11 is 5.66. The predicted octanol–water partition coefficient (Wildman–Crippen LogP) is 1.63. The molecule has 4 heteroatoms. The molecule has 1 unspecified atom stereocenters. The third-order valence-corrected chi connectivity index (χ3v) is 2.18. The first-order valence-electron chi connectivity index (χ1n) is 3.92. The molecule has 1 aliphatic heterocycles. The SMILES string of the molecule is Clc1nccc(C2CCOC2)n1. The minimum absolute atomic E-state index is 0.319. The highest BCUT2D eigenvalue weighted by atomic mass is 35.5. The maximum Gasteiger partial charge on any atom is 0.222 e. The fraction of sp³-hybridized carbons (Fsp3) is 0.500. The molecule has 2 heterocycles. The van der Waals surface area contributed by atoms with Gasteiger partial charge in [0.25, 0.3) is 0 Å². The highest BCUT2D eigenvalue weighted by molar-refractivity contribution is 6.28. The quantitative estimate of drug-likeness (QED) is 0.623. The molecular formula is C8H9ClN2O. The van der Waals surface area contributed by atoms with Crippen LogP contribution < -0.4 is 0 Å². The molecule has 0 saturated carbocycles. The monoisotopic (exact) mass is 184 g/mol. The third-order valence-electron chi connectivity index (χ3n) is 2.00. The molecule has 0 spiro atoms. The summed E-state index contributed by atoms with van der Waals surface area (Å²) in [6, 6.07) is 1.89. The molecule has 0 bridgehead atoms. The Hall–Kier alpha value is -0.670. The van der Waals surface area contributed by atoms with Gasteiger partial charge in [-0.05, 0) is 24.1 Å². The van der Waals surface area contributed by atoms with Crippen LogP contribution in [0.15, 0.2) is 12.3 Å². The first kappa shape index (κ1) is 7.95. The van der Waals surface area contributed by atoms with E-state index in [2.05, 4.69) is 9.97 Å². The van der Waals surface area contributed by atoms with E-state index in [1.807, 2.05) is 6.07 Å². The summed E-state index contributed by atoms with van der Waals surface area (Å²) < 4.78 is 5.25. The topological polar surface area (TPSA) is 35.0 Å². The van der Waals surface area contributed by atoms with Gasteiger partial charge in [0, 0.05) is 18.7 Å². The van der Waals surface area contributed by atoms with E-state index < -0.39 is 0 Å². The van der Waals surface area contributed by atoms with Crippen molar-refractivity contribution in [2.45, 2.75) is 12.3 Å². The van der Waals surface area contributed by atoms with E-state index in [9.17, 15) is 0 Å². The summed E-state index contributed by atoms with van der Waals surface area (Å²) in [4.78, 5) is 7.95. The Morgan fingerprint density at radius 2 is 2.50 bits per heavy atom. The molecule has 0 amide bonds. The molecule has 64 valence electrons. The van der Waals surface area contributed by atoms with Crippen LogP contribution in [0.25, 0.3) is 0 Å². The second-order valence-electron chi connectivity index (χ2n) is 2.81. The summed E-state index contributed by atoms with van der Waals surface area (Å²) in [7, 11) is 0. The van der Waals surface area contributed by atoms with Gasteiger partial charge in [-0.2, -0.15) is 0 Å². The normalized spacial score (nSPS) is 22.9. The van der Waals surface area contributed by atoms with E-state index in [1.165, 1.54) is 0 Å². The Morgan fingerprint density at radius 1 is 1.58 bits per heavy atom. The van der Waals surface area contributed by atoms with Gasteiger partial charge in [0.2, 0.25) is 5.28 Å². The van der Waals surface area contributed by atoms with Crippen molar-refractivity contribution < 1.29 is 4.74 Å². The van der Waals surface area contributed by atoms with Crippen molar-refractivity contribution in [2.24, 2.45) is 0 Å². The molecule has 1 aromatic heterocycles. The number of nitrogens with zero attached hydrogens (tertiary/aromatic N) is 2. The van der Waals surface area contributed by atoms with E-state index in [-0.39, 0.29) is 0 Å². The van der Waals surface area contributed by atoms with Crippen LogP contribution in [-0.4, -0.2) is 23.2 Å². The Balaban J connectivity index is 2.21. The van der Waals surface area contributed by atoms with Gasteiger partial charge in [0.1, 0.15) is 0 Å². The van der Waals surface area contributed by atoms with Crippen LogP contribution in [0.5, 0.6) is 0 Å². The summed E-state index contributed by atoms with van der Waals surface area (Å²) in [6.07, 6.45) is 2.72. The van der Waals surface area contributed by atoms with Gasteiger partial charge in [-0.25, -0.2) is 9.97 Å². The molecule has 0 radical (unpaired) electrons. The van der Waals surface area contributed by atoms with Crippen molar-refractivity contribution in [1.29, 1.82) is 0 Å². The van der Waals surface area contributed by atoms with E-state index in [4.69, 9.17) is 16.3 Å². The largest absolute Gasteiger partial charge is 0.381 e. The van der Waals surface area contributed by atoms with Gasteiger partial charge < -0.3 is 4.74 Å². The van der Waals surface area contributed by atoms with Crippen molar-refractivity contribution in [1.82, 2.24) is 9.97 Å². The Kier molecular flexibility index (Phi) is 2.23. The van der Waals surface area contributed by atoms with Crippen LogP contribution in [-0.2, 0) is 4.74 Å². The van der Waals surface area contributed by atoms with Gasteiger partial charge in [0.15, 0.2) is 0 Å². The van der Waals surface area contributed by atoms with Crippen LogP contribution in [0.4, 0.5) is 0 Å². The number of hydrogen-bond acceptors (Lipinski definition) is 3. The minimum atomic E-state index is 0.319. The second-order valence-corrected chi connectivity index (χ2v) is 3.15. The van der Waals surface area contributed by atoms with Crippen molar-refractivity contribution in [3.05, 3.63) is 23.2 Å². The third kappa shape index (κ3) is 1.57. The van der Waals surface area contributed by atoms with Crippen LogP contribution in [0.1, 0.15) is 18.0 Å². The Bertz CT molecular complexity index is 274. The van der Waals surface area contributed by atoms with E-state index in [1.54, 1.807) is 6.20 Å². The average molecular weight is 185 g/mol. The summed E-state index contributed by atoms with van der Waals surface area (Å²) in [5.41, 5.74) is 0.993. The summed E-state index contributed by atoms with van der Waals surface area (Å²) in [6.45, 7) is 1.58. The molecule has 1 fully saturated rings. The lowest BCUT2D eigenvalue weighted by molar-refractivity contribution is 0.193. The molecule has 1 saturated heterocycles. The number of ether oxygens (including phenoxy) is 1. The smallest absolute Gasteiger partial charge is 0.222 e. The van der Waals surface area contributed by atoms with Gasteiger partial charge in [-0.1, -0.05) is 0 Å². The molecule has 3 nitrogen and oxygen atoms in total. The van der Waals surface area contributed by atoms with E-state index >= 15 is 0 Å². The molecular weight excluding hydrogens is 176 g/mol.